The maximum atomic E-state index is 12.5. The number of ether oxygens (including phenoxy) is 1. The molecular weight excluding hydrogens is 320 g/mol. The van der Waals surface area contributed by atoms with Crippen molar-refractivity contribution in [2.45, 2.75) is 38.2 Å². The van der Waals surface area contributed by atoms with E-state index >= 15 is 0 Å². The number of hydrogen-bond acceptors (Lipinski definition) is 4. The highest BCUT2D eigenvalue weighted by Crippen LogP contribution is 2.39. The monoisotopic (exact) mass is 346 g/mol. The molecule has 1 unspecified atom stereocenters. The molecule has 3 aliphatic rings. The van der Waals surface area contributed by atoms with E-state index in [1.165, 1.54) is 0 Å². The van der Waals surface area contributed by atoms with E-state index in [1.54, 1.807) is 9.58 Å². The zero-order valence-electron chi connectivity index (χ0n) is 15.0. The van der Waals surface area contributed by atoms with Crippen LogP contribution in [0.5, 0.6) is 0 Å². The summed E-state index contributed by atoms with van der Waals surface area (Å²) in [7, 11) is 1.84. The summed E-state index contributed by atoms with van der Waals surface area (Å²) >= 11 is 0. The van der Waals surface area contributed by atoms with Crippen molar-refractivity contribution in [2.24, 2.45) is 13.0 Å². The lowest BCUT2D eigenvalue weighted by Crippen LogP contribution is -2.63. The van der Waals surface area contributed by atoms with Crippen molar-refractivity contribution < 1.29 is 14.3 Å². The SMILES string of the molecule is Cc1cc(C(=O)N2CC3(CC(CC(=O)N4CCCC4)CO3)C2)nn1C. The molecule has 4 heterocycles. The fourth-order valence-corrected chi connectivity index (χ4v) is 4.25. The summed E-state index contributed by atoms with van der Waals surface area (Å²) in [6.45, 7) is 5.59. The van der Waals surface area contributed by atoms with Crippen LogP contribution < -0.4 is 0 Å². The number of carbonyl (C=O) groups excluding carboxylic acids is 2. The van der Waals surface area contributed by atoms with Crippen LogP contribution in [-0.2, 0) is 16.6 Å². The van der Waals surface area contributed by atoms with E-state index in [1.807, 2.05) is 24.9 Å². The van der Waals surface area contributed by atoms with Crippen LogP contribution in [-0.4, -0.2) is 69.8 Å². The van der Waals surface area contributed by atoms with Crippen molar-refractivity contribution in [1.82, 2.24) is 19.6 Å². The third-order valence-corrected chi connectivity index (χ3v) is 5.79. The van der Waals surface area contributed by atoms with Gasteiger partial charge in [-0.3, -0.25) is 14.3 Å². The Morgan fingerprint density at radius 3 is 2.64 bits per heavy atom. The van der Waals surface area contributed by atoms with Gasteiger partial charge < -0.3 is 14.5 Å². The van der Waals surface area contributed by atoms with Gasteiger partial charge in [0, 0.05) is 32.3 Å². The van der Waals surface area contributed by atoms with Crippen LogP contribution in [0, 0.1) is 12.8 Å². The highest BCUT2D eigenvalue weighted by molar-refractivity contribution is 5.93. The molecule has 0 radical (unpaired) electrons. The van der Waals surface area contributed by atoms with E-state index in [4.69, 9.17) is 4.74 Å². The first-order chi connectivity index (χ1) is 12.0. The number of rotatable bonds is 3. The molecule has 3 fully saturated rings. The van der Waals surface area contributed by atoms with Crippen LogP contribution in [0.4, 0.5) is 0 Å². The fraction of sp³-hybridized carbons (Fsp3) is 0.722. The van der Waals surface area contributed by atoms with Crippen LogP contribution in [0.2, 0.25) is 0 Å². The molecule has 7 nitrogen and oxygen atoms in total. The maximum Gasteiger partial charge on any atom is 0.274 e. The number of aromatic nitrogens is 2. The standard InChI is InChI=1S/C18H26N4O3/c1-13-7-15(19-20(13)2)17(24)22-11-18(12-22)9-14(10-25-18)8-16(23)21-5-3-4-6-21/h7,14H,3-6,8-12H2,1-2H3. The predicted octanol–water partition coefficient (Wildman–Crippen LogP) is 0.972. The molecular formula is C18H26N4O3. The summed E-state index contributed by atoms with van der Waals surface area (Å²) < 4.78 is 7.72. The van der Waals surface area contributed by atoms with Gasteiger partial charge in [-0.15, -0.1) is 0 Å². The molecule has 3 saturated heterocycles. The topological polar surface area (TPSA) is 67.7 Å². The molecule has 25 heavy (non-hydrogen) atoms. The van der Waals surface area contributed by atoms with E-state index in [0.29, 0.717) is 31.8 Å². The first kappa shape index (κ1) is 16.6. The molecule has 1 atom stereocenters. The van der Waals surface area contributed by atoms with E-state index in [-0.39, 0.29) is 23.3 Å². The number of hydrogen-bond donors (Lipinski definition) is 0. The second kappa shape index (κ2) is 6.12. The van der Waals surface area contributed by atoms with Crippen LogP contribution in [0.3, 0.4) is 0 Å². The second-order valence-corrected chi connectivity index (χ2v) is 7.81. The van der Waals surface area contributed by atoms with Gasteiger partial charge in [0.15, 0.2) is 5.69 Å². The summed E-state index contributed by atoms with van der Waals surface area (Å²) in [5.41, 5.74) is 1.22. The van der Waals surface area contributed by atoms with Crippen LogP contribution >= 0.6 is 0 Å². The number of carbonyl (C=O) groups is 2. The second-order valence-electron chi connectivity index (χ2n) is 7.81. The van der Waals surface area contributed by atoms with Gasteiger partial charge in [-0.25, -0.2) is 0 Å². The third kappa shape index (κ3) is 3.05. The van der Waals surface area contributed by atoms with Crippen LogP contribution in [0.25, 0.3) is 0 Å². The molecule has 0 aromatic carbocycles. The minimum Gasteiger partial charge on any atom is -0.371 e. The van der Waals surface area contributed by atoms with Crippen LogP contribution in [0.15, 0.2) is 6.07 Å². The normalized spacial score (nSPS) is 24.8. The minimum atomic E-state index is -0.241. The molecule has 3 aliphatic heterocycles. The first-order valence-electron chi connectivity index (χ1n) is 9.17. The maximum absolute atomic E-state index is 12.5. The van der Waals surface area contributed by atoms with Gasteiger partial charge in [0.1, 0.15) is 5.60 Å². The first-order valence-corrected chi connectivity index (χ1v) is 9.17. The lowest BCUT2D eigenvalue weighted by atomic mass is 9.85. The molecule has 7 heteroatoms. The summed E-state index contributed by atoms with van der Waals surface area (Å²) in [6, 6.07) is 1.82. The zero-order chi connectivity index (χ0) is 17.6. The Morgan fingerprint density at radius 2 is 2.00 bits per heavy atom. The van der Waals surface area contributed by atoms with E-state index < -0.39 is 0 Å². The molecule has 2 amide bonds. The summed E-state index contributed by atoms with van der Waals surface area (Å²) in [5, 5.41) is 4.26. The number of nitrogens with zero attached hydrogens (tertiary/aromatic N) is 4. The van der Waals surface area contributed by atoms with Crippen molar-refractivity contribution in [2.75, 3.05) is 32.8 Å². The minimum absolute atomic E-state index is 0.0329. The summed E-state index contributed by atoms with van der Waals surface area (Å²) in [5.74, 6) is 0.510. The number of amides is 2. The number of aryl methyl sites for hydroxylation is 2. The van der Waals surface area contributed by atoms with Gasteiger partial charge in [-0.1, -0.05) is 0 Å². The Morgan fingerprint density at radius 1 is 1.28 bits per heavy atom. The zero-order valence-corrected chi connectivity index (χ0v) is 15.0. The Bertz CT molecular complexity index is 667. The van der Waals surface area contributed by atoms with E-state index in [9.17, 15) is 9.59 Å². The van der Waals surface area contributed by atoms with Gasteiger partial charge in [0.05, 0.1) is 19.7 Å². The van der Waals surface area contributed by atoms with Crippen molar-refractivity contribution >= 4 is 11.8 Å². The Balaban J connectivity index is 1.29. The molecule has 4 rings (SSSR count). The molecule has 0 N–H and O–H groups in total. The molecule has 1 spiro atoms. The average Bonchev–Trinajstić information content (AvgIpc) is 3.26. The molecule has 1 aromatic rings. The Hall–Kier alpha value is -1.89. The van der Waals surface area contributed by atoms with Gasteiger partial charge in [-0.2, -0.15) is 5.10 Å². The van der Waals surface area contributed by atoms with Crippen molar-refractivity contribution in [3.8, 4) is 0 Å². The molecule has 0 saturated carbocycles. The number of likely N-dealkylation sites (tertiary alicyclic amines) is 2. The average molecular weight is 346 g/mol. The van der Waals surface area contributed by atoms with Gasteiger partial charge >= 0.3 is 0 Å². The Kier molecular flexibility index (Phi) is 4.06. The molecule has 0 aliphatic carbocycles. The smallest absolute Gasteiger partial charge is 0.274 e. The largest absolute Gasteiger partial charge is 0.371 e. The third-order valence-electron chi connectivity index (χ3n) is 5.79. The fourth-order valence-electron chi connectivity index (χ4n) is 4.25. The molecule has 0 bridgehead atoms. The van der Waals surface area contributed by atoms with Crippen molar-refractivity contribution in [1.29, 1.82) is 0 Å². The van der Waals surface area contributed by atoms with Gasteiger partial charge in [0.25, 0.3) is 5.91 Å². The lowest BCUT2D eigenvalue weighted by molar-refractivity contribution is -0.131. The van der Waals surface area contributed by atoms with Gasteiger partial charge in [0.2, 0.25) is 5.91 Å². The predicted molar refractivity (Wildman–Crippen MR) is 91.1 cm³/mol. The Labute approximate surface area is 147 Å². The highest BCUT2D eigenvalue weighted by Gasteiger charge is 2.51. The summed E-state index contributed by atoms with van der Waals surface area (Å²) in [4.78, 5) is 28.6. The summed E-state index contributed by atoms with van der Waals surface area (Å²) in [6.07, 6.45) is 3.70. The van der Waals surface area contributed by atoms with E-state index in [2.05, 4.69) is 5.10 Å². The quantitative estimate of drug-likeness (QED) is 0.818. The van der Waals surface area contributed by atoms with Crippen LogP contribution in [0.1, 0.15) is 41.9 Å². The molecule has 1 aromatic heterocycles. The van der Waals surface area contributed by atoms with Gasteiger partial charge in [-0.05, 0) is 38.2 Å². The van der Waals surface area contributed by atoms with Crippen molar-refractivity contribution in [3.05, 3.63) is 17.5 Å². The molecule has 136 valence electrons. The highest BCUT2D eigenvalue weighted by atomic mass is 16.5. The van der Waals surface area contributed by atoms with E-state index in [0.717, 1.165) is 38.0 Å². The van der Waals surface area contributed by atoms with Crippen molar-refractivity contribution in [3.63, 3.8) is 0 Å². The lowest BCUT2D eigenvalue weighted by Gasteiger charge is -2.46.